The van der Waals surface area contributed by atoms with Gasteiger partial charge >= 0.3 is 0 Å². The van der Waals surface area contributed by atoms with Crippen molar-refractivity contribution in [2.45, 2.75) is 39.8 Å². The third-order valence-electron chi connectivity index (χ3n) is 3.73. The molecule has 3 heterocycles. The molecule has 3 aromatic rings. The summed E-state index contributed by atoms with van der Waals surface area (Å²) in [6, 6.07) is 1.97. The van der Waals surface area contributed by atoms with Crippen molar-refractivity contribution in [1.82, 2.24) is 19.7 Å². The summed E-state index contributed by atoms with van der Waals surface area (Å²) in [4.78, 5) is 4.41. The Morgan fingerprint density at radius 1 is 1.35 bits per heavy atom. The molecular weight excluding hydrogens is 288 g/mol. The van der Waals surface area contributed by atoms with Crippen molar-refractivity contribution in [2.24, 2.45) is 0 Å². The minimum atomic E-state index is -1.03. The van der Waals surface area contributed by atoms with E-state index in [0.29, 0.717) is 5.69 Å². The molecule has 118 valence electrons. The number of nitrogens with zero attached hydrogens (tertiary/aromatic N) is 3. The van der Waals surface area contributed by atoms with Crippen LogP contribution in [0.25, 0.3) is 22.0 Å². The zero-order valence-corrected chi connectivity index (χ0v) is 13.8. The fraction of sp³-hybridized carbons (Fsp3) is 0.333. The number of aromatic nitrogens is 4. The molecular formula is C18H20N4O. The van der Waals surface area contributed by atoms with E-state index in [1.165, 1.54) is 0 Å². The van der Waals surface area contributed by atoms with Gasteiger partial charge in [-0.05, 0) is 39.7 Å². The van der Waals surface area contributed by atoms with E-state index in [9.17, 15) is 5.11 Å². The Labute approximate surface area is 135 Å². The van der Waals surface area contributed by atoms with Crippen LogP contribution in [0.2, 0.25) is 0 Å². The first-order chi connectivity index (χ1) is 10.9. The van der Waals surface area contributed by atoms with E-state index in [0.717, 1.165) is 34.3 Å². The highest BCUT2D eigenvalue weighted by Gasteiger charge is 2.14. The molecule has 23 heavy (non-hydrogen) atoms. The molecule has 0 amide bonds. The molecule has 0 fully saturated rings. The van der Waals surface area contributed by atoms with Crippen LogP contribution in [0.3, 0.4) is 0 Å². The molecule has 0 aliphatic rings. The Kier molecular flexibility index (Phi) is 3.70. The number of hydrogen-bond donors (Lipinski definition) is 2. The molecule has 2 N–H and O–H groups in total. The standard InChI is InChI=1S/C18H20N4O/c1-5-22-11-16(15-9-20-21-12(15)2)14-8-13(19-10-17(14)22)6-7-18(3,4)23/h8-11,23H,5H2,1-4H3,(H,20,21). The number of fused-ring (bicyclic) bond motifs is 1. The fourth-order valence-corrected chi connectivity index (χ4v) is 2.58. The first-order valence-corrected chi connectivity index (χ1v) is 7.64. The molecule has 0 bridgehead atoms. The highest BCUT2D eigenvalue weighted by molar-refractivity contribution is 5.96. The Morgan fingerprint density at radius 3 is 2.74 bits per heavy atom. The normalized spacial score (nSPS) is 11.5. The summed E-state index contributed by atoms with van der Waals surface area (Å²) in [5.74, 6) is 5.75. The van der Waals surface area contributed by atoms with Crippen molar-refractivity contribution >= 4 is 10.9 Å². The van der Waals surface area contributed by atoms with Gasteiger partial charge in [0.2, 0.25) is 0 Å². The summed E-state index contributed by atoms with van der Waals surface area (Å²) in [5, 5.41) is 18.0. The van der Waals surface area contributed by atoms with Gasteiger partial charge in [0, 0.05) is 35.5 Å². The van der Waals surface area contributed by atoms with Gasteiger partial charge in [-0.15, -0.1) is 0 Å². The Balaban J connectivity index is 2.20. The zero-order valence-electron chi connectivity index (χ0n) is 13.8. The van der Waals surface area contributed by atoms with Crippen LogP contribution >= 0.6 is 0 Å². The minimum absolute atomic E-state index is 0.649. The first kappa shape index (κ1) is 15.3. The predicted octanol–water partition coefficient (Wildman–Crippen LogP) is 2.88. The third-order valence-corrected chi connectivity index (χ3v) is 3.73. The summed E-state index contributed by atoms with van der Waals surface area (Å²) >= 11 is 0. The first-order valence-electron chi connectivity index (χ1n) is 7.64. The second kappa shape index (κ2) is 5.56. The summed E-state index contributed by atoms with van der Waals surface area (Å²) < 4.78 is 2.16. The van der Waals surface area contributed by atoms with E-state index in [4.69, 9.17) is 0 Å². The quantitative estimate of drug-likeness (QED) is 0.715. The lowest BCUT2D eigenvalue weighted by Crippen LogP contribution is -2.14. The Bertz CT molecular complexity index is 916. The maximum atomic E-state index is 9.76. The molecule has 5 nitrogen and oxygen atoms in total. The van der Waals surface area contributed by atoms with E-state index in [-0.39, 0.29) is 0 Å². The maximum Gasteiger partial charge on any atom is 0.120 e. The van der Waals surface area contributed by atoms with Crippen LogP contribution in [0, 0.1) is 18.8 Å². The third kappa shape index (κ3) is 2.99. The summed E-state index contributed by atoms with van der Waals surface area (Å²) in [5.41, 5.74) is 3.83. The smallest absolute Gasteiger partial charge is 0.120 e. The minimum Gasteiger partial charge on any atom is -0.378 e. The summed E-state index contributed by atoms with van der Waals surface area (Å²) in [7, 11) is 0. The molecule has 0 radical (unpaired) electrons. The van der Waals surface area contributed by atoms with Gasteiger partial charge in [-0.3, -0.25) is 5.10 Å². The van der Waals surface area contributed by atoms with Crippen LogP contribution in [0.1, 0.15) is 32.2 Å². The predicted molar refractivity (Wildman–Crippen MR) is 90.9 cm³/mol. The van der Waals surface area contributed by atoms with Crippen LogP contribution in [0.5, 0.6) is 0 Å². The monoisotopic (exact) mass is 308 g/mol. The van der Waals surface area contributed by atoms with Crippen LogP contribution in [-0.4, -0.2) is 30.5 Å². The number of aryl methyl sites for hydroxylation is 2. The van der Waals surface area contributed by atoms with Gasteiger partial charge in [0.25, 0.3) is 0 Å². The van der Waals surface area contributed by atoms with E-state index < -0.39 is 5.60 Å². The molecule has 0 aliphatic carbocycles. The van der Waals surface area contributed by atoms with Crippen molar-refractivity contribution in [2.75, 3.05) is 0 Å². The van der Waals surface area contributed by atoms with E-state index in [1.807, 2.05) is 25.4 Å². The molecule has 0 aliphatic heterocycles. The zero-order chi connectivity index (χ0) is 16.6. The van der Waals surface area contributed by atoms with Crippen LogP contribution < -0.4 is 0 Å². The molecule has 0 spiro atoms. The van der Waals surface area contributed by atoms with E-state index in [1.54, 1.807) is 13.8 Å². The Hall–Kier alpha value is -2.58. The van der Waals surface area contributed by atoms with Gasteiger partial charge in [-0.25, -0.2) is 4.98 Å². The molecule has 0 aromatic carbocycles. The number of hydrogen-bond acceptors (Lipinski definition) is 3. The van der Waals surface area contributed by atoms with Gasteiger partial charge in [0.05, 0.1) is 17.4 Å². The molecule has 5 heteroatoms. The van der Waals surface area contributed by atoms with Gasteiger partial charge < -0.3 is 9.67 Å². The van der Waals surface area contributed by atoms with Crippen molar-refractivity contribution in [3.63, 3.8) is 0 Å². The van der Waals surface area contributed by atoms with Gasteiger partial charge in [-0.2, -0.15) is 5.10 Å². The number of rotatable bonds is 2. The topological polar surface area (TPSA) is 66.7 Å². The van der Waals surface area contributed by atoms with E-state index in [2.05, 4.69) is 44.7 Å². The number of aliphatic hydroxyl groups is 1. The van der Waals surface area contributed by atoms with Gasteiger partial charge in [0.1, 0.15) is 11.3 Å². The van der Waals surface area contributed by atoms with Crippen LogP contribution in [0.15, 0.2) is 24.7 Å². The molecule has 0 saturated carbocycles. The molecule has 3 aromatic heterocycles. The molecule has 0 saturated heterocycles. The second-order valence-electron chi connectivity index (χ2n) is 6.11. The van der Waals surface area contributed by atoms with Crippen molar-refractivity contribution in [1.29, 1.82) is 0 Å². The average molecular weight is 308 g/mol. The van der Waals surface area contributed by atoms with Crippen molar-refractivity contribution < 1.29 is 5.11 Å². The van der Waals surface area contributed by atoms with Crippen molar-refractivity contribution in [3.05, 3.63) is 36.0 Å². The number of nitrogens with one attached hydrogen (secondary N) is 1. The average Bonchev–Trinajstić information content (AvgIpc) is 3.07. The molecule has 3 rings (SSSR count). The van der Waals surface area contributed by atoms with Crippen molar-refractivity contribution in [3.8, 4) is 23.0 Å². The highest BCUT2D eigenvalue weighted by Crippen LogP contribution is 2.31. The van der Waals surface area contributed by atoms with E-state index >= 15 is 0 Å². The lowest BCUT2D eigenvalue weighted by atomic mass is 10.1. The lowest BCUT2D eigenvalue weighted by Gasteiger charge is -2.06. The second-order valence-corrected chi connectivity index (χ2v) is 6.11. The fourth-order valence-electron chi connectivity index (χ4n) is 2.58. The largest absolute Gasteiger partial charge is 0.378 e. The number of aromatic amines is 1. The van der Waals surface area contributed by atoms with Crippen LogP contribution in [-0.2, 0) is 6.54 Å². The molecule has 0 atom stereocenters. The maximum absolute atomic E-state index is 9.76. The molecule has 0 unspecified atom stereocenters. The SMILES string of the molecule is CCn1cc(-c2c[nH]nc2C)c2cc(C#CC(C)(C)O)ncc21. The Morgan fingerprint density at radius 2 is 2.13 bits per heavy atom. The van der Waals surface area contributed by atoms with Gasteiger partial charge in [0.15, 0.2) is 0 Å². The number of H-pyrrole nitrogens is 1. The summed E-state index contributed by atoms with van der Waals surface area (Å²) in [6.07, 6.45) is 5.87. The summed E-state index contributed by atoms with van der Waals surface area (Å²) in [6.45, 7) is 8.27. The highest BCUT2D eigenvalue weighted by atomic mass is 16.3. The number of pyridine rings is 1. The lowest BCUT2D eigenvalue weighted by molar-refractivity contribution is 0.143. The van der Waals surface area contributed by atoms with Crippen LogP contribution in [0.4, 0.5) is 0 Å². The van der Waals surface area contributed by atoms with Gasteiger partial charge in [-0.1, -0.05) is 5.92 Å².